The molecule has 0 aliphatic heterocycles. The summed E-state index contributed by atoms with van der Waals surface area (Å²) in [6.07, 6.45) is 0. The van der Waals surface area contributed by atoms with Crippen LogP contribution in [0.2, 0.25) is 0 Å². The standard InChI is InChI=1S/C24H25NO3S/c1-3-28-23-14-13-18(15-20(23)17-29-21-10-5-4-6-11-21)24(26)25-16-19-9-7-8-12-22(19)27-2/h4-15H,3,16-17H2,1-2H3,(H,25,26). The highest BCUT2D eigenvalue weighted by atomic mass is 32.2. The van der Waals surface area contributed by atoms with Gasteiger partial charge < -0.3 is 14.8 Å². The van der Waals surface area contributed by atoms with Gasteiger partial charge in [0.15, 0.2) is 0 Å². The van der Waals surface area contributed by atoms with Gasteiger partial charge in [0.25, 0.3) is 5.91 Å². The Balaban J connectivity index is 1.72. The third-order valence-corrected chi connectivity index (χ3v) is 5.45. The van der Waals surface area contributed by atoms with Crippen molar-refractivity contribution in [3.8, 4) is 11.5 Å². The van der Waals surface area contributed by atoms with Crippen LogP contribution in [0.15, 0.2) is 77.7 Å². The lowest BCUT2D eigenvalue weighted by Gasteiger charge is -2.13. The number of carbonyl (C=O) groups is 1. The van der Waals surface area contributed by atoms with Crippen molar-refractivity contribution in [1.29, 1.82) is 0 Å². The number of para-hydroxylation sites is 1. The molecule has 0 saturated carbocycles. The molecule has 3 rings (SSSR count). The van der Waals surface area contributed by atoms with Gasteiger partial charge in [0.05, 0.1) is 13.7 Å². The molecular weight excluding hydrogens is 382 g/mol. The predicted octanol–water partition coefficient (Wildman–Crippen LogP) is 5.32. The summed E-state index contributed by atoms with van der Waals surface area (Å²) in [6, 6.07) is 23.5. The Morgan fingerprint density at radius 2 is 1.69 bits per heavy atom. The number of rotatable bonds is 9. The molecule has 0 unspecified atom stereocenters. The normalized spacial score (nSPS) is 10.4. The number of nitrogens with one attached hydrogen (secondary N) is 1. The minimum Gasteiger partial charge on any atom is -0.496 e. The minimum atomic E-state index is -0.120. The summed E-state index contributed by atoms with van der Waals surface area (Å²) in [4.78, 5) is 13.9. The molecule has 0 aliphatic carbocycles. The van der Waals surface area contributed by atoms with Crippen LogP contribution in [-0.4, -0.2) is 19.6 Å². The Kier molecular flexibility index (Phi) is 7.59. The summed E-state index contributed by atoms with van der Waals surface area (Å²) in [6.45, 7) is 2.95. The molecule has 0 aliphatic rings. The third-order valence-electron chi connectivity index (χ3n) is 4.39. The van der Waals surface area contributed by atoms with E-state index in [0.29, 0.717) is 18.7 Å². The van der Waals surface area contributed by atoms with Crippen molar-refractivity contribution < 1.29 is 14.3 Å². The molecule has 0 aromatic heterocycles. The first-order valence-corrected chi connectivity index (χ1v) is 10.5. The lowest BCUT2D eigenvalue weighted by Crippen LogP contribution is -2.23. The number of ether oxygens (including phenoxy) is 2. The fourth-order valence-electron chi connectivity index (χ4n) is 2.93. The van der Waals surface area contributed by atoms with E-state index in [0.717, 1.165) is 28.4 Å². The van der Waals surface area contributed by atoms with E-state index < -0.39 is 0 Å². The molecule has 1 amide bonds. The molecule has 4 nitrogen and oxygen atoms in total. The first-order chi connectivity index (χ1) is 14.2. The second-order valence-electron chi connectivity index (χ2n) is 6.35. The SMILES string of the molecule is CCOc1ccc(C(=O)NCc2ccccc2OC)cc1CSc1ccccc1. The lowest BCUT2D eigenvalue weighted by atomic mass is 10.1. The highest BCUT2D eigenvalue weighted by Gasteiger charge is 2.12. The van der Waals surface area contributed by atoms with Crippen LogP contribution in [0, 0.1) is 0 Å². The van der Waals surface area contributed by atoms with E-state index in [4.69, 9.17) is 9.47 Å². The van der Waals surface area contributed by atoms with Crippen LogP contribution in [0.4, 0.5) is 0 Å². The quantitative estimate of drug-likeness (QED) is 0.488. The first-order valence-electron chi connectivity index (χ1n) is 9.55. The van der Waals surface area contributed by atoms with Crippen LogP contribution in [0.25, 0.3) is 0 Å². The topological polar surface area (TPSA) is 47.6 Å². The van der Waals surface area contributed by atoms with E-state index in [1.165, 1.54) is 4.90 Å². The summed E-state index contributed by atoms with van der Waals surface area (Å²) < 4.78 is 11.1. The molecule has 3 aromatic rings. The molecule has 0 radical (unpaired) electrons. The van der Waals surface area contributed by atoms with Crippen molar-refractivity contribution in [3.05, 3.63) is 89.5 Å². The van der Waals surface area contributed by atoms with E-state index in [2.05, 4.69) is 17.4 Å². The second-order valence-corrected chi connectivity index (χ2v) is 7.40. The van der Waals surface area contributed by atoms with Crippen LogP contribution < -0.4 is 14.8 Å². The molecule has 0 spiro atoms. The van der Waals surface area contributed by atoms with Crippen molar-refractivity contribution >= 4 is 17.7 Å². The average Bonchev–Trinajstić information content (AvgIpc) is 2.77. The van der Waals surface area contributed by atoms with Crippen molar-refractivity contribution in [2.45, 2.75) is 24.1 Å². The first kappa shape index (κ1) is 20.8. The molecule has 3 aromatic carbocycles. The van der Waals surface area contributed by atoms with E-state index in [-0.39, 0.29) is 5.91 Å². The van der Waals surface area contributed by atoms with Gasteiger partial charge in [-0.1, -0.05) is 36.4 Å². The predicted molar refractivity (Wildman–Crippen MR) is 118 cm³/mol. The smallest absolute Gasteiger partial charge is 0.251 e. The van der Waals surface area contributed by atoms with Crippen LogP contribution in [-0.2, 0) is 12.3 Å². The molecule has 0 heterocycles. The number of methoxy groups -OCH3 is 1. The highest BCUT2D eigenvalue weighted by molar-refractivity contribution is 7.98. The number of hydrogen-bond donors (Lipinski definition) is 1. The number of hydrogen-bond acceptors (Lipinski definition) is 4. The molecule has 0 atom stereocenters. The summed E-state index contributed by atoms with van der Waals surface area (Å²) in [5, 5.41) is 2.98. The lowest BCUT2D eigenvalue weighted by molar-refractivity contribution is 0.0950. The van der Waals surface area contributed by atoms with Crippen LogP contribution in [0.3, 0.4) is 0 Å². The van der Waals surface area contributed by atoms with Crippen LogP contribution in [0.5, 0.6) is 11.5 Å². The van der Waals surface area contributed by atoms with Gasteiger partial charge in [0.2, 0.25) is 0 Å². The van der Waals surface area contributed by atoms with Gasteiger partial charge in [-0.15, -0.1) is 11.8 Å². The molecule has 5 heteroatoms. The Bertz CT molecular complexity index is 944. The van der Waals surface area contributed by atoms with Gasteiger partial charge in [-0.25, -0.2) is 0 Å². The summed E-state index contributed by atoms with van der Waals surface area (Å²) in [5.74, 6) is 2.19. The van der Waals surface area contributed by atoms with Gasteiger partial charge in [-0.05, 0) is 43.3 Å². The maximum Gasteiger partial charge on any atom is 0.251 e. The minimum absolute atomic E-state index is 0.120. The number of benzene rings is 3. The largest absolute Gasteiger partial charge is 0.496 e. The summed E-state index contributed by atoms with van der Waals surface area (Å²) in [7, 11) is 1.63. The Labute approximate surface area is 176 Å². The Hall–Kier alpha value is -2.92. The zero-order valence-corrected chi connectivity index (χ0v) is 17.5. The van der Waals surface area contributed by atoms with Crippen molar-refractivity contribution in [2.24, 2.45) is 0 Å². The van der Waals surface area contributed by atoms with Crippen LogP contribution in [0.1, 0.15) is 28.4 Å². The maximum atomic E-state index is 12.7. The van der Waals surface area contributed by atoms with E-state index >= 15 is 0 Å². The fourth-order valence-corrected chi connectivity index (χ4v) is 3.83. The van der Waals surface area contributed by atoms with Crippen molar-refractivity contribution in [2.75, 3.05) is 13.7 Å². The number of amides is 1. The molecule has 0 fully saturated rings. The zero-order valence-electron chi connectivity index (χ0n) is 16.7. The van der Waals surface area contributed by atoms with Gasteiger partial charge in [0, 0.05) is 33.9 Å². The Morgan fingerprint density at radius 1 is 0.931 bits per heavy atom. The highest BCUT2D eigenvalue weighted by Crippen LogP contribution is 2.29. The van der Waals surface area contributed by atoms with E-state index in [9.17, 15) is 4.79 Å². The fraction of sp³-hybridized carbons (Fsp3) is 0.208. The van der Waals surface area contributed by atoms with Gasteiger partial charge >= 0.3 is 0 Å². The molecule has 150 valence electrons. The van der Waals surface area contributed by atoms with Crippen molar-refractivity contribution in [3.63, 3.8) is 0 Å². The van der Waals surface area contributed by atoms with Crippen molar-refractivity contribution in [1.82, 2.24) is 5.32 Å². The maximum absolute atomic E-state index is 12.7. The Morgan fingerprint density at radius 3 is 2.45 bits per heavy atom. The number of thioether (sulfide) groups is 1. The molecule has 29 heavy (non-hydrogen) atoms. The second kappa shape index (κ2) is 10.6. The molecule has 1 N–H and O–H groups in total. The number of carbonyl (C=O) groups excluding carboxylic acids is 1. The summed E-state index contributed by atoms with van der Waals surface area (Å²) >= 11 is 1.72. The van der Waals surface area contributed by atoms with E-state index in [1.807, 2.05) is 61.5 Å². The molecule has 0 bridgehead atoms. The molecule has 0 saturated heterocycles. The van der Waals surface area contributed by atoms with Crippen LogP contribution >= 0.6 is 11.8 Å². The molecular formula is C24H25NO3S. The van der Waals surface area contributed by atoms with Gasteiger partial charge in [0.1, 0.15) is 11.5 Å². The zero-order chi connectivity index (χ0) is 20.5. The monoisotopic (exact) mass is 407 g/mol. The third kappa shape index (κ3) is 5.78. The van der Waals surface area contributed by atoms with Gasteiger partial charge in [-0.2, -0.15) is 0 Å². The average molecular weight is 408 g/mol. The van der Waals surface area contributed by atoms with Gasteiger partial charge in [-0.3, -0.25) is 4.79 Å². The summed E-state index contributed by atoms with van der Waals surface area (Å²) in [5.41, 5.74) is 2.56. The van der Waals surface area contributed by atoms with E-state index in [1.54, 1.807) is 24.9 Å².